The Hall–Kier alpha value is -1.10. The van der Waals surface area contributed by atoms with Crippen molar-refractivity contribution >= 4 is 11.9 Å². The molecule has 0 aromatic heterocycles. The van der Waals surface area contributed by atoms with Crippen LogP contribution in [0.5, 0.6) is 0 Å². The van der Waals surface area contributed by atoms with Gasteiger partial charge in [-0.3, -0.25) is 9.59 Å². The van der Waals surface area contributed by atoms with Crippen LogP contribution in [0.2, 0.25) is 0 Å². The highest BCUT2D eigenvalue weighted by Crippen LogP contribution is 2.39. The summed E-state index contributed by atoms with van der Waals surface area (Å²) in [5.41, 5.74) is -0.329. The molecule has 2 N–H and O–H groups in total. The second kappa shape index (κ2) is 5.49. The van der Waals surface area contributed by atoms with Gasteiger partial charge in [-0.15, -0.1) is 0 Å². The maximum absolute atomic E-state index is 12.4. The van der Waals surface area contributed by atoms with Crippen molar-refractivity contribution in [1.82, 2.24) is 5.32 Å². The summed E-state index contributed by atoms with van der Waals surface area (Å²) in [6, 6.07) is 0. The standard InChI is InChI=1S/C14H23NO4/c1-3-9-6-10(11(7-9)13(17)18)12(16)15-14(2)4-5-19-8-14/h9-11H,3-8H2,1-2H3,(H,15,16)(H,17,18). The molecule has 108 valence electrons. The molecule has 1 aliphatic heterocycles. The van der Waals surface area contributed by atoms with E-state index in [0.717, 1.165) is 12.8 Å². The minimum Gasteiger partial charge on any atom is -0.481 e. The van der Waals surface area contributed by atoms with Crippen molar-refractivity contribution in [3.05, 3.63) is 0 Å². The first-order valence-corrected chi connectivity index (χ1v) is 7.08. The highest BCUT2D eigenvalue weighted by atomic mass is 16.5. The Morgan fingerprint density at radius 1 is 1.37 bits per heavy atom. The number of carboxylic acid groups (broad SMARTS) is 1. The van der Waals surface area contributed by atoms with Crippen molar-refractivity contribution in [2.75, 3.05) is 13.2 Å². The zero-order valence-electron chi connectivity index (χ0n) is 11.6. The smallest absolute Gasteiger partial charge is 0.307 e. The van der Waals surface area contributed by atoms with Crippen LogP contribution in [0.15, 0.2) is 0 Å². The largest absolute Gasteiger partial charge is 0.481 e. The summed E-state index contributed by atoms with van der Waals surface area (Å²) in [4.78, 5) is 23.6. The van der Waals surface area contributed by atoms with E-state index in [2.05, 4.69) is 12.2 Å². The first-order valence-electron chi connectivity index (χ1n) is 7.08. The van der Waals surface area contributed by atoms with Gasteiger partial charge < -0.3 is 15.2 Å². The molecule has 4 atom stereocenters. The predicted molar refractivity (Wildman–Crippen MR) is 69.6 cm³/mol. The van der Waals surface area contributed by atoms with Crippen molar-refractivity contribution in [3.8, 4) is 0 Å². The molecule has 1 amide bonds. The Morgan fingerprint density at radius 2 is 2.05 bits per heavy atom. The van der Waals surface area contributed by atoms with Gasteiger partial charge in [-0.1, -0.05) is 13.3 Å². The molecule has 1 heterocycles. The molecule has 1 aliphatic carbocycles. The van der Waals surface area contributed by atoms with E-state index in [1.165, 1.54) is 0 Å². The minimum absolute atomic E-state index is 0.114. The number of rotatable bonds is 4. The number of aliphatic carboxylic acids is 1. The first-order chi connectivity index (χ1) is 8.95. The Bertz CT molecular complexity index is 362. The fourth-order valence-corrected chi connectivity index (χ4v) is 3.19. The van der Waals surface area contributed by atoms with Crippen LogP contribution in [0.25, 0.3) is 0 Å². The van der Waals surface area contributed by atoms with Crippen LogP contribution in [0.1, 0.15) is 39.5 Å². The number of nitrogens with one attached hydrogen (secondary N) is 1. The number of hydrogen-bond donors (Lipinski definition) is 2. The van der Waals surface area contributed by atoms with Gasteiger partial charge in [0.1, 0.15) is 0 Å². The van der Waals surface area contributed by atoms with Crippen LogP contribution in [0, 0.1) is 17.8 Å². The van der Waals surface area contributed by atoms with Crippen molar-refractivity contribution in [3.63, 3.8) is 0 Å². The summed E-state index contributed by atoms with van der Waals surface area (Å²) in [6.45, 7) is 5.18. The summed E-state index contributed by atoms with van der Waals surface area (Å²) in [5.74, 6) is -1.53. The van der Waals surface area contributed by atoms with Crippen LogP contribution in [-0.2, 0) is 14.3 Å². The van der Waals surface area contributed by atoms with Gasteiger partial charge in [-0.05, 0) is 32.1 Å². The lowest BCUT2D eigenvalue weighted by molar-refractivity contribution is -0.146. The van der Waals surface area contributed by atoms with Crippen LogP contribution in [0.4, 0.5) is 0 Å². The molecule has 5 nitrogen and oxygen atoms in total. The van der Waals surface area contributed by atoms with E-state index in [4.69, 9.17) is 4.74 Å². The first kappa shape index (κ1) is 14.3. The van der Waals surface area contributed by atoms with Crippen molar-refractivity contribution in [2.24, 2.45) is 17.8 Å². The second-order valence-corrected chi connectivity index (χ2v) is 6.15. The number of carboxylic acids is 1. The van der Waals surface area contributed by atoms with Crippen LogP contribution in [0.3, 0.4) is 0 Å². The molecule has 0 aromatic carbocycles. The lowest BCUT2D eigenvalue weighted by Crippen LogP contribution is -2.49. The maximum atomic E-state index is 12.4. The van der Waals surface area contributed by atoms with Gasteiger partial charge in [-0.25, -0.2) is 0 Å². The highest BCUT2D eigenvalue weighted by molar-refractivity contribution is 5.85. The van der Waals surface area contributed by atoms with E-state index in [0.29, 0.717) is 32.0 Å². The molecule has 0 spiro atoms. The average Bonchev–Trinajstić information content (AvgIpc) is 2.95. The zero-order valence-corrected chi connectivity index (χ0v) is 11.6. The van der Waals surface area contributed by atoms with Crippen LogP contribution in [-0.4, -0.2) is 35.7 Å². The number of carbonyl (C=O) groups excluding carboxylic acids is 1. The SMILES string of the molecule is CCC1CC(C(=O)O)C(C(=O)NC2(C)CCOC2)C1. The third-order valence-electron chi connectivity index (χ3n) is 4.54. The van der Waals surface area contributed by atoms with Gasteiger partial charge in [0.25, 0.3) is 0 Å². The molecular weight excluding hydrogens is 246 g/mol. The molecule has 1 saturated carbocycles. The highest BCUT2D eigenvalue weighted by Gasteiger charge is 2.44. The van der Waals surface area contributed by atoms with Crippen molar-refractivity contribution < 1.29 is 19.4 Å². The Labute approximate surface area is 113 Å². The van der Waals surface area contributed by atoms with Gasteiger partial charge in [0, 0.05) is 6.61 Å². The van der Waals surface area contributed by atoms with Gasteiger partial charge in [0.05, 0.1) is 24.0 Å². The summed E-state index contributed by atoms with van der Waals surface area (Å²) in [7, 11) is 0. The molecule has 2 rings (SSSR count). The summed E-state index contributed by atoms with van der Waals surface area (Å²) in [5, 5.41) is 12.3. The Balaban J connectivity index is 2.02. The van der Waals surface area contributed by atoms with E-state index in [1.807, 2.05) is 6.92 Å². The maximum Gasteiger partial charge on any atom is 0.307 e. The fraction of sp³-hybridized carbons (Fsp3) is 0.857. The molecular formula is C14H23NO4. The minimum atomic E-state index is -0.844. The number of carbonyl (C=O) groups is 2. The lowest BCUT2D eigenvalue weighted by Gasteiger charge is -2.26. The third kappa shape index (κ3) is 3.08. The van der Waals surface area contributed by atoms with Crippen LogP contribution < -0.4 is 5.32 Å². The number of ether oxygens (including phenoxy) is 1. The van der Waals surface area contributed by atoms with Crippen molar-refractivity contribution in [1.29, 1.82) is 0 Å². The molecule has 5 heteroatoms. The summed E-state index contributed by atoms with van der Waals surface area (Å²) in [6.07, 6.45) is 3.04. The van der Waals surface area contributed by atoms with Gasteiger partial charge in [-0.2, -0.15) is 0 Å². The van der Waals surface area contributed by atoms with Crippen LogP contribution >= 0.6 is 0 Å². The van der Waals surface area contributed by atoms with Gasteiger partial charge in [0.2, 0.25) is 5.91 Å². The predicted octanol–water partition coefficient (Wildman–Crippen LogP) is 1.42. The molecule has 0 aromatic rings. The normalized spacial score (nSPS) is 38.3. The molecule has 19 heavy (non-hydrogen) atoms. The lowest BCUT2D eigenvalue weighted by atomic mass is 9.93. The third-order valence-corrected chi connectivity index (χ3v) is 4.54. The molecule has 2 aliphatic rings. The number of hydrogen-bond acceptors (Lipinski definition) is 3. The van der Waals surface area contributed by atoms with Gasteiger partial charge >= 0.3 is 5.97 Å². The fourth-order valence-electron chi connectivity index (χ4n) is 3.19. The van der Waals surface area contributed by atoms with E-state index in [-0.39, 0.29) is 17.4 Å². The molecule has 2 fully saturated rings. The second-order valence-electron chi connectivity index (χ2n) is 6.15. The Morgan fingerprint density at radius 3 is 2.58 bits per heavy atom. The average molecular weight is 269 g/mol. The zero-order chi connectivity index (χ0) is 14.0. The number of amides is 1. The Kier molecular flexibility index (Phi) is 4.13. The van der Waals surface area contributed by atoms with Gasteiger partial charge in [0.15, 0.2) is 0 Å². The summed E-state index contributed by atoms with van der Waals surface area (Å²) < 4.78 is 5.31. The van der Waals surface area contributed by atoms with E-state index in [1.54, 1.807) is 0 Å². The summed E-state index contributed by atoms with van der Waals surface area (Å²) >= 11 is 0. The molecule has 4 unspecified atom stereocenters. The molecule has 0 radical (unpaired) electrons. The van der Waals surface area contributed by atoms with E-state index >= 15 is 0 Å². The topological polar surface area (TPSA) is 75.6 Å². The van der Waals surface area contributed by atoms with E-state index < -0.39 is 11.9 Å². The van der Waals surface area contributed by atoms with E-state index in [9.17, 15) is 14.7 Å². The molecule has 1 saturated heterocycles. The molecule has 0 bridgehead atoms. The monoisotopic (exact) mass is 269 g/mol. The quantitative estimate of drug-likeness (QED) is 0.809. The van der Waals surface area contributed by atoms with Crippen molar-refractivity contribution in [2.45, 2.75) is 45.1 Å².